The van der Waals surface area contributed by atoms with E-state index in [1.807, 2.05) is 32.9 Å². The summed E-state index contributed by atoms with van der Waals surface area (Å²) in [6, 6.07) is 7.41. The first-order valence-electron chi connectivity index (χ1n) is 9.44. The molecule has 27 heavy (non-hydrogen) atoms. The van der Waals surface area contributed by atoms with Crippen molar-refractivity contribution in [3.8, 4) is 0 Å². The van der Waals surface area contributed by atoms with Gasteiger partial charge in [0.25, 0.3) is 0 Å². The lowest BCUT2D eigenvalue weighted by Crippen LogP contribution is -2.54. The fourth-order valence-electron chi connectivity index (χ4n) is 2.97. The van der Waals surface area contributed by atoms with E-state index in [0.717, 1.165) is 11.3 Å². The highest BCUT2D eigenvalue weighted by atomic mass is 32.2. The van der Waals surface area contributed by atoms with E-state index in [2.05, 4.69) is 32.9 Å². The van der Waals surface area contributed by atoms with Crippen molar-refractivity contribution in [3.05, 3.63) is 29.8 Å². The lowest BCUT2D eigenvalue weighted by molar-refractivity contribution is -0.117. The zero-order valence-electron chi connectivity index (χ0n) is 17.2. The van der Waals surface area contributed by atoms with Crippen LogP contribution in [-0.4, -0.2) is 40.3 Å². The van der Waals surface area contributed by atoms with E-state index < -0.39 is 17.7 Å². The second-order valence-corrected chi connectivity index (χ2v) is 10.3. The Morgan fingerprint density at radius 3 is 2.19 bits per heavy atom. The number of piperidine rings is 1. The Labute approximate surface area is 167 Å². The Morgan fingerprint density at radius 1 is 1.07 bits per heavy atom. The van der Waals surface area contributed by atoms with E-state index in [1.165, 1.54) is 22.2 Å². The lowest BCUT2D eigenvalue weighted by atomic mass is 9.87. The van der Waals surface area contributed by atoms with Crippen LogP contribution >= 0.6 is 11.8 Å². The van der Waals surface area contributed by atoms with Crippen molar-refractivity contribution >= 4 is 23.0 Å². The van der Waals surface area contributed by atoms with Gasteiger partial charge >= 0.3 is 6.09 Å². The molecule has 0 bridgehead atoms. The van der Waals surface area contributed by atoms with Gasteiger partial charge in [0, 0.05) is 17.5 Å². The van der Waals surface area contributed by atoms with Crippen molar-refractivity contribution in [2.45, 2.75) is 82.4 Å². The van der Waals surface area contributed by atoms with Crippen molar-refractivity contribution in [2.24, 2.45) is 5.73 Å². The van der Waals surface area contributed by atoms with Crippen LogP contribution < -0.4 is 5.73 Å². The Kier molecular flexibility index (Phi) is 6.63. The summed E-state index contributed by atoms with van der Waals surface area (Å²) in [5, 5.41) is -0.0451. The van der Waals surface area contributed by atoms with Crippen LogP contribution in [0.5, 0.6) is 0 Å². The summed E-state index contributed by atoms with van der Waals surface area (Å²) in [7, 11) is 0. The zero-order valence-corrected chi connectivity index (χ0v) is 18.1. The molecular weight excluding hydrogens is 360 g/mol. The van der Waals surface area contributed by atoms with Crippen molar-refractivity contribution < 1.29 is 14.3 Å². The number of likely N-dealkylation sites (tertiary alicyclic amines) is 1. The second-order valence-electron chi connectivity index (χ2n) is 9.18. The molecule has 5 nitrogen and oxygen atoms in total. The molecule has 0 radical (unpaired) electrons. The number of ether oxygens (including phenoxy) is 1. The predicted octanol–water partition coefficient (Wildman–Crippen LogP) is 4.33. The molecule has 2 N–H and O–H groups in total. The number of nitrogens with zero attached hydrogens (tertiary/aromatic N) is 1. The van der Waals surface area contributed by atoms with Gasteiger partial charge in [0.05, 0.1) is 0 Å². The normalized spacial score (nSPS) is 21.1. The van der Waals surface area contributed by atoms with Crippen LogP contribution in [0.1, 0.15) is 59.9 Å². The third kappa shape index (κ3) is 6.25. The summed E-state index contributed by atoms with van der Waals surface area (Å²) in [6.45, 7) is 12.3. The maximum absolute atomic E-state index is 12.9. The molecule has 0 aliphatic carbocycles. The van der Waals surface area contributed by atoms with Crippen LogP contribution in [0, 0.1) is 0 Å². The standard InChI is InChI=1S/C21H32N2O3S/c1-20(2,3)14-7-10-16(11-8-14)27-18(24)17-12-9-15(22)13-23(17)19(25)26-21(4,5)6/h7-8,10-11,15,17H,9,12-13,22H2,1-6H3/t15-,17+/m1/s1. The predicted molar refractivity (Wildman–Crippen MR) is 110 cm³/mol. The summed E-state index contributed by atoms with van der Waals surface area (Å²) in [6.07, 6.45) is 0.811. The van der Waals surface area contributed by atoms with Gasteiger partial charge in [0.15, 0.2) is 0 Å². The number of rotatable bonds is 2. The summed E-state index contributed by atoms with van der Waals surface area (Å²) < 4.78 is 5.48. The van der Waals surface area contributed by atoms with E-state index in [0.29, 0.717) is 13.0 Å². The zero-order chi connectivity index (χ0) is 20.4. The third-order valence-corrected chi connectivity index (χ3v) is 5.44. The average Bonchev–Trinajstić information content (AvgIpc) is 2.52. The Bertz CT molecular complexity index is 674. The van der Waals surface area contributed by atoms with Crippen LogP contribution in [0.25, 0.3) is 0 Å². The highest BCUT2D eigenvalue weighted by molar-refractivity contribution is 8.13. The number of benzene rings is 1. The molecule has 1 heterocycles. The molecule has 6 heteroatoms. The topological polar surface area (TPSA) is 72.6 Å². The molecule has 1 amide bonds. The number of carbonyl (C=O) groups excluding carboxylic acids is 2. The molecule has 1 aliphatic heterocycles. The largest absolute Gasteiger partial charge is 0.444 e. The molecule has 1 saturated heterocycles. The Morgan fingerprint density at radius 2 is 1.67 bits per heavy atom. The van der Waals surface area contributed by atoms with E-state index in [9.17, 15) is 9.59 Å². The van der Waals surface area contributed by atoms with Gasteiger partial charge in [-0.3, -0.25) is 9.69 Å². The quantitative estimate of drug-likeness (QED) is 0.759. The minimum Gasteiger partial charge on any atom is -0.444 e. The first kappa shape index (κ1) is 21.8. The van der Waals surface area contributed by atoms with Crippen LogP contribution in [0.2, 0.25) is 0 Å². The van der Waals surface area contributed by atoms with E-state index in [4.69, 9.17) is 10.5 Å². The number of nitrogens with two attached hydrogens (primary N) is 1. The molecule has 1 aliphatic rings. The molecular formula is C21H32N2O3S. The molecule has 0 saturated carbocycles. The molecule has 150 valence electrons. The number of hydrogen-bond donors (Lipinski definition) is 1. The number of amides is 1. The summed E-state index contributed by atoms with van der Waals surface area (Å²) >= 11 is 1.18. The van der Waals surface area contributed by atoms with Gasteiger partial charge in [-0.05, 0) is 68.5 Å². The van der Waals surface area contributed by atoms with E-state index >= 15 is 0 Å². The summed E-state index contributed by atoms with van der Waals surface area (Å²) in [5.74, 6) is 0. The van der Waals surface area contributed by atoms with Crippen LogP contribution in [0.15, 0.2) is 29.2 Å². The second kappa shape index (κ2) is 8.23. The minimum atomic E-state index is -0.609. The van der Waals surface area contributed by atoms with Gasteiger partial charge in [0.1, 0.15) is 11.6 Å². The van der Waals surface area contributed by atoms with E-state index in [-0.39, 0.29) is 16.6 Å². The monoisotopic (exact) mass is 392 g/mol. The molecule has 1 aromatic carbocycles. The number of carbonyl (C=O) groups is 2. The van der Waals surface area contributed by atoms with Gasteiger partial charge in [-0.15, -0.1) is 0 Å². The molecule has 0 unspecified atom stereocenters. The molecule has 2 atom stereocenters. The van der Waals surface area contributed by atoms with Gasteiger partial charge < -0.3 is 10.5 Å². The smallest absolute Gasteiger partial charge is 0.410 e. The summed E-state index contributed by atoms with van der Waals surface area (Å²) in [4.78, 5) is 27.9. The molecule has 2 rings (SSSR count). The number of hydrogen-bond acceptors (Lipinski definition) is 5. The van der Waals surface area contributed by atoms with Crippen LogP contribution in [0.4, 0.5) is 4.79 Å². The molecule has 1 fully saturated rings. The molecule has 0 aromatic heterocycles. The van der Waals surface area contributed by atoms with Crippen molar-refractivity contribution in [2.75, 3.05) is 6.54 Å². The maximum Gasteiger partial charge on any atom is 0.410 e. The van der Waals surface area contributed by atoms with Crippen LogP contribution in [0.3, 0.4) is 0 Å². The average molecular weight is 393 g/mol. The maximum atomic E-state index is 12.9. The summed E-state index contributed by atoms with van der Waals surface area (Å²) in [5.41, 5.74) is 6.71. The van der Waals surface area contributed by atoms with Crippen molar-refractivity contribution in [3.63, 3.8) is 0 Å². The van der Waals surface area contributed by atoms with Crippen molar-refractivity contribution in [1.29, 1.82) is 0 Å². The first-order valence-corrected chi connectivity index (χ1v) is 10.3. The molecule has 1 aromatic rings. The minimum absolute atomic E-state index is 0.0451. The van der Waals surface area contributed by atoms with Gasteiger partial charge in [0.2, 0.25) is 5.12 Å². The SMILES string of the molecule is CC(C)(C)OC(=O)N1C[C@H](N)CC[C@H]1C(=O)Sc1ccc(C(C)(C)C)cc1. The van der Waals surface area contributed by atoms with Gasteiger partial charge in [-0.25, -0.2) is 4.79 Å². The Hall–Kier alpha value is -1.53. The fraction of sp³-hybridized carbons (Fsp3) is 0.619. The third-order valence-electron chi connectivity index (χ3n) is 4.46. The number of thioether (sulfide) groups is 1. The van der Waals surface area contributed by atoms with E-state index in [1.54, 1.807) is 0 Å². The van der Waals surface area contributed by atoms with Crippen molar-refractivity contribution in [1.82, 2.24) is 4.90 Å². The first-order chi connectivity index (χ1) is 12.4. The lowest BCUT2D eigenvalue weighted by Gasteiger charge is -2.38. The Balaban J connectivity index is 2.11. The van der Waals surface area contributed by atoms with Gasteiger partial charge in [-0.1, -0.05) is 32.9 Å². The fourth-order valence-corrected chi connectivity index (χ4v) is 3.86. The highest BCUT2D eigenvalue weighted by Crippen LogP contribution is 2.30. The highest BCUT2D eigenvalue weighted by Gasteiger charge is 2.37. The van der Waals surface area contributed by atoms with Crippen LogP contribution in [-0.2, 0) is 14.9 Å². The van der Waals surface area contributed by atoms with Gasteiger partial charge in [-0.2, -0.15) is 0 Å². The molecule has 0 spiro atoms.